The molecule has 3 rings (SSSR count). The summed E-state index contributed by atoms with van der Waals surface area (Å²) in [6.45, 7) is 0. The molecular formula is C21H15ClFN3O3S. The topological polar surface area (TPSA) is 99.1 Å². The Hall–Kier alpha value is -3.41. The first-order valence-electron chi connectivity index (χ1n) is 8.64. The lowest BCUT2D eigenvalue weighted by atomic mass is 10.1. The number of benzene rings is 3. The molecule has 0 unspecified atom stereocenters. The predicted molar refractivity (Wildman–Crippen MR) is 112 cm³/mol. The minimum absolute atomic E-state index is 0.0676. The fourth-order valence-corrected chi connectivity index (χ4v) is 4.16. The summed E-state index contributed by atoms with van der Waals surface area (Å²) >= 11 is 6.05. The van der Waals surface area contributed by atoms with Crippen molar-refractivity contribution >= 4 is 38.9 Å². The minimum atomic E-state index is -4.11. The Labute approximate surface area is 178 Å². The van der Waals surface area contributed by atoms with Gasteiger partial charge < -0.3 is 5.32 Å². The quantitative estimate of drug-likeness (QED) is 0.581. The number of rotatable bonds is 6. The van der Waals surface area contributed by atoms with Gasteiger partial charge in [-0.05, 0) is 60.2 Å². The fraction of sp³-hybridized carbons (Fsp3) is 0.0476. The van der Waals surface area contributed by atoms with Gasteiger partial charge in [-0.25, -0.2) is 12.8 Å². The van der Waals surface area contributed by atoms with E-state index in [0.29, 0.717) is 5.69 Å². The highest BCUT2D eigenvalue weighted by molar-refractivity contribution is 7.92. The molecule has 0 heterocycles. The second kappa shape index (κ2) is 8.95. The van der Waals surface area contributed by atoms with Crippen LogP contribution in [0.25, 0.3) is 0 Å². The first kappa shape index (κ1) is 21.3. The van der Waals surface area contributed by atoms with E-state index in [1.54, 1.807) is 24.3 Å². The Morgan fingerprint density at radius 2 is 1.63 bits per heavy atom. The number of sulfonamides is 1. The van der Waals surface area contributed by atoms with Gasteiger partial charge in [0.25, 0.3) is 15.9 Å². The van der Waals surface area contributed by atoms with Crippen molar-refractivity contribution in [3.05, 3.63) is 88.7 Å². The van der Waals surface area contributed by atoms with Crippen molar-refractivity contribution in [2.24, 2.45) is 0 Å². The van der Waals surface area contributed by atoms with E-state index >= 15 is 0 Å². The molecule has 0 aliphatic carbocycles. The van der Waals surface area contributed by atoms with Crippen molar-refractivity contribution < 1.29 is 17.6 Å². The van der Waals surface area contributed by atoms with E-state index in [-0.39, 0.29) is 27.6 Å². The number of nitriles is 1. The molecule has 0 saturated heterocycles. The fourth-order valence-electron chi connectivity index (χ4n) is 2.58. The molecule has 0 atom stereocenters. The van der Waals surface area contributed by atoms with Gasteiger partial charge in [-0.1, -0.05) is 23.7 Å². The van der Waals surface area contributed by atoms with Crippen LogP contribution in [0.2, 0.25) is 5.02 Å². The largest absolute Gasteiger partial charge is 0.322 e. The second-order valence-corrected chi connectivity index (χ2v) is 8.30. The van der Waals surface area contributed by atoms with Crippen molar-refractivity contribution in [2.75, 3.05) is 10.0 Å². The van der Waals surface area contributed by atoms with E-state index in [1.165, 1.54) is 24.3 Å². The minimum Gasteiger partial charge on any atom is -0.322 e. The second-order valence-electron chi connectivity index (χ2n) is 6.24. The molecule has 3 aromatic carbocycles. The van der Waals surface area contributed by atoms with E-state index in [4.69, 9.17) is 16.9 Å². The Morgan fingerprint density at radius 1 is 1.00 bits per heavy atom. The third-order valence-corrected chi connectivity index (χ3v) is 5.94. The van der Waals surface area contributed by atoms with Crippen molar-refractivity contribution in [3.8, 4) is 6.07 Å². The van der Waals surface area contributed by atoms with Crippen molar-refractivity contribution in [2.45, 2.75) is 11.3 Å². The molecule has 0 bridgehead atoms. The van der Waals surface area contributed by atoms with Crippen LogP contribution in [0, 0.1) is 17.1 Å². The molecule has 0 aliphatic rings. The molecule has 0 aliphatic heterocycles. The number of amides is 1. The van der Waals surface area contributed by atoms with E-state index in [0.717, 1.165) is 23.8 Å². The highest BCUT2D eigenvalue weighted by Crippen LogP contribution is 2.26. The zero-order valence-electron chi connectivity index (χ0n) is 15.4. The SMILES string of the molecule is N#CCc1ccc(NC(=O)c2ccc(Cl)c(S(=O)(=O)Nc3ccc(F)cc3)c2)cc1. The molecule has 9 heteroatoms. The highest BCUT2D eigenvalue weighted by Gasteiger charge is 2.20. The zero-order chi connectivity index (χ0) is 21.7. The lowest BCUT2D eigenvalue weighted by molar-refractivity contribution is 0.102. The number of nitrogens with zero attached hydrogens (tertiary/aromatic N) is 1. The summed E-state index contributed by atoms with van der Waals surface area (Å²) in [6.07, 6.45) is 0.258. The zero-order valence-corrected chi connectivity index (χ0v) is 17.0. The van der Waals surface area contributed by atoms with E-state index in [9.17, 15) is 17.6 Å². The summed E-state index contributed by atoms with van der Waals surface area (Å²) in [5.74, 6) is -1.03. The van der Waals surface area contributed by atoms with Crippen LogP contribution in [0.15, 0.2) is 71.6 Å². The number of hydrogen-bond donors (Lipinski definition) is 2. The third kappa shape index (κ3) is 5.14. The van der Waals surface area contributed by atoms with Gasteiger partial charge in [0.05, 0.1) is 17.5 Å². The van der Waals surface area contributed by atoms with E-state index in [2.05, 4.69) is 10.0 Å². The third-order valence-electron chi connectivity index (χ3n) is 4.07. The highest BCUT2D eigenvalue weighted by atomic mass is 35.5. The first-order chi connectivity index (χ1) is 14.3. The van der Waals surface area contributed by atoms with Crippen LogP contribution >= 0.6 is 11.6 Å². The van der Waals surface area contributed by atoms with Crippen LogP contribution in [0.4, 0.5) is 15.8 Å². The summed E-state index contributed by atoms with van der Waals surface area (Å²) < 4.78 is 40.7. The van der Waals surface area contributed by atoms with Gasteiger partial charge in [0, 0.05) is 16.9 Å². The van der Waals surface area contributed by atoms with Gasteiger partial charge in [0.15, 0.2) is 0 Å². The normalized spacial score (nSPS) is 10.8. The maximum atomic E-state index is 13.0. The standard InChI is InChI=1S/C21H15ClFN3O3S/c22-19-10-3-15(21(27)25-17-6-1-14(2-7-17)11-12-24)13-20(19)30(28,29)26-18-8-4-16(23)5-9-18/h1-10,13,26H,11H2,(H,25,27). The Kier molecular flexibility index (Phi) is 6.35. The van der Waals surface area contributed by atoms with Crippen molar-refractivity contribution in [3.63, 3.8) is 0 Å². The molecule has 152 valence electrons. The average molecular weight is 444 g/mol. The van der Waals surface area contributed by atoms with Crippen LogP contribution < -0.4 is 10.0 Å². The summed E-state index contributed by atoms with van der Waals surface area (Å²) in [6, 6.07) is 17.4. The smallest absolute Gasteiger partial charge is 0.263 e. The van der Waals surface area contributed by atoms with Crippen LogP contribution in [0.3, 0.4) is 0 Å². The molecule has 30 heavy (non-hydrogen) atoms. The number of carbonyl (C=O) groups is 1. The maximum Gasteiger partial charge on any atom is 0.263 e. The molecule has 0 spiro atoms. The molecule has 0 fully saturated rings. The van der Waals surface area contributed by atoms with Crippen LogP contribution in [0.5, 0.6) is 0 Å². The van der Waals surface area contributed by atoms with Gasteiger partial charge in [-0.2, -0.15) is 5.26 Å². The predicted octanol–water partition coefficient (Wildman–Crippen LogP) is 4.60. The first-order valence-corrected chi connectivity index (χ1v) is 10.5. The number of anilines is 2. The molecule has 0 aromatic heterocycles. The van der Waals surface area contributed by atoms with Gasteiger partial charge in [0.1, 0.15) is 10.7 Å². The molecule has 0 saturated carbocycles. The molecular weight excluding hydrogens is 429 g/mol. The molecule has 0 radical (unpaired) electrons. The van der Waals surface area contributed by atoms with Crippen LogP contribution in [-0.2, 0) is 16.4 Å². The lowest BCUT2D eigenvalue weighted by Gasteiger charge is -2.11. The number of halogens is 2. The summed E-state index contributed by atoms with van der Waals surface area (Å²) in [4.78, 5) is 12.3. The van der Waals surface area contributed by atoms with Gasteiger partial charge in [-0.3, -0.25) is 9.52 Å². The molecule has 6 nitrogen and oxygen atoms in total. The van der Waals surface area contributed by atoms with Gasteiger partial charge in [0.2, 0.25) is 0 Å². The number of nitrogens with one attached hydrogen (secondary N) is 2. The van der Waals surface area contributed by atoms with Gasteiger partial charge >= 0.3 is 0 Å². The Morgan fingerprint density at radius 3 is 2.27 bits per heavy atom. The Bertz CT molecular complexity index is 1220. The lowest BCUT2D eigenvalue weighted by Crippen LogP contribution is -2.16. The molecule has 3 aromatic rings. The molecule has 2 N–H and O–H groups in total. The van der Waals surface area contributed by atoms with Crippen molar-refractivity contribution in [1.82, 2.24) is 0 Å². The van der Waals surface area contributed by atoms with Gasteiger partial charge in [-0.15, -0.1) is 0 Å². The maximum absolute atomic E-state index is 13.0. The van der Waals surface area contributed by atoms with Crippen LogP contribution in [-0.4, -0.2) is 14.3 Å². The van der Waals surface area contributed by atoms with Crippen molar-refractivity contribution in [1.29, 1.82) is 5.26 Å². The Balaban J connectivity index is 1.82. The summed E-state index contributed by atoms with van der Waals surface area (Å²) in [5.41, 5.74) is 1.53. The molecule has 1 amide bonds. The number of hydrogen-bond acceptors (Lipinski definition) is 4. The summed E-state index contributed by atoms with van der Waals surface area (Å²) in [5, 5.41) is 11.3. The van der Waals surface area contributed by atoms with E-state index < -0.39 is 21.7 Å². The van der Waals surface area contributed by atoms with Crippen LogP contribution in [0.1, 0.15) is 15.9 Å². The monoisotopic (exact) mass is 443 g/mol. The summed E-state index contributed by atoms with van der Waals surface area (Å²) in [7, 11) is -4.11. The van der Waals surface area contributed by atoms with E-state index in [1.807, 2.05) is 6.07 Å². The number of carbonyl (C=O) groups excluding carboxylic acids is 1. The average Bonchev–Trinajstić information content (AvgIpc) is 2.71.